The van der Waals surface area contributed by atoms with E-state index in [1.54, 1.807) is 0 Å². The number of nitrogens with one attached hydrogen (secondary N) is 1. The molecule has 0 radical (unpaired) electrons. The Morgan fingerprint density at radius 1 is 1.54 bits per heavy atom. The lowest BCUT2D eigenvalue weighted by Gasteiger charge is -2.19. The van der Waals surface area contributed by atoms with Gasteiger partial charge in [0.25, 0.3) is 0 Å². The van der Waals surface area contributed by atoms with Crippen LogP contribution in [0.1, 0.15) is 19.8 Å². The van der Waals surface area contributed by atoms with Crippen molar-refractivity contribution in [1.82, 2.24) is 10.2 Å². The van der Waals surface area contributed by atoms with E-state index in [4.69, 9.17) is 5.73 Å². The normalized spacial score (nSPS) is 20.1. The summed E-state index contributed by atoms with van der Waals surface area (Å²) >= 11 is 0. The van der Waals surface area contributed by atoms with Crippen molar-refractivity contribution in [2.45, 2.75) is 19.8 Å². The molecule has 1 heterocycles. The fourth-order valence-corrected chi connectivity index (χ4v) is 1.75. The summed E-state index contributed by atoms with van der Waals surface area (Å²) in [4.78, 5) is 12.9. The summed E-state index contributed by atoms with van der Waals surface area (Å²) in [6, 6.07) is -0.423. The van der Waals surface area contributed by atoms with Crippen molar-refractivity contribution in [3.63, 3.8) is 0 Å². The SMILES string of the molecule is CC(CNC(N)=O)CN1CCCC1. The van der Waals surface area contributed by atoms with E-state index in [1.807, 2.05) is 0 Å². The van der Waals surface area contributed by atoms with Crippen molar-refractivity contribution in [2.75, 3.05) is 26.2 Å². The molecule has 1 aliphatic rings. The van der Waals surface area contributed by atoms with Crippen LogP contribution in [0.4, 0.5) is 4.79 Å². The third kappa shape index (κ3) is 4.12. The number of likely N-dealkylation sites (tertiary alicyclic amines) is 1. The molecule has 2 amide bonds. The summed E-state index contributed by atoms with van der Waals surface area (Å²) in [6.45, 7) is 6.31. The molecule has 1 aliphatic heterocycles. The van der Waals surface area contributed by atoms with Crippen molar-refractivity contribution in [2.24, 2.45) is 11.7 Å². The van der Waals surface area contributed by atoms with Crippen LogP contribution in [0.3, 0.4) is 0 Å². The average molecular weight is 185 g/mol. The van der Waals surface area contributed by atoms with Crippen molar-refractivity contribution >= 4 is 6.03 Å². The van der Waals surface area contributed by atoms with Gasteiger partial charge in [-0.05, 0) is 31.8 Å². The van der Waals surface area contributed by atoms with Gasteiger partial charge in [0.1, 0.15) is 0 Å². The van der Waals surface area contributed by atoms with Crippen LogP contribution in [0.5, 0.6) is 0 Å². The van der Waals surface area contributed by atoms with Gasteiger partial charge in [0, 0.05) is 13.1 Å². The fourth-order valence-electron chi connectivity index (χ4n) is 1.75. The molecule has 0 aromatic rings. The van der Waals surface area contributed by atoms with Crippen LogP contribution in [0, 0.1) is 5.92 Å². The molecule has 0 aromatic heterocycles. The van der Waals surface area contributed by atoms with Crippen LogP contribution in [0.2, 0.25) is 0 Å². The van der Waals surface area contributed by atoms with Gasteiger partial charge in [-0.3, -0.25) is 0 Å². The first-order valence-corrected chi connectivity index (χ1v) is 4.94. The van der Waals surface area contributed by atoms with Gasteiger partial charge in [0.05, 0.1) is 0 Å². The van der Waals surface area contributed by atoms with Crippen molar-refractivity contribution < 1.29 is 4.79 Å². The molecule has 4 heteroatoms. The number of hydrogen-bond acceptors (Lipinski definition) is 2. The van der Waals surface area contributed by atoms with Crippen molar-refractivity contribution in [3.05, 3.63) is 0 Å². The summed E-state index contributed by atoms with van der Waals surface area (Å²) < 4.78 is 0. The molecule has 76 valence electrons. The van der Waals surface area contributed by atoms with E-state index in [1.165, 1.54) is 25.9 Å². The second kappa shape index (κ2) is 5.07. The zero-order valence-corrected chi connectivity index (χ0v) is 8.25. The zero-order valence-electron chi connectivity index (χ0n) is 8.25. The maximum atomic E-state index is 10.4. The van der Waals surface area contributed by atoms with E-state index < -0.39 is 6.03 Å². The number of urea groups is 1. The van der Waals surface area contributed by atoms with Crippen molar-refractivity contribution in [3.8, 4) is 0 Å². The Morgan fingerprint density at radius 2 is 2.15 bits per heavy atom. The minimum absolute atomic E-state index is 0.423. The van der Waals surface area contributed by atoms with Gasteiger partial charge in [-0.1, -0.05) is 6.92 Å². The molecule has 0 bridgehead atoms. The summed E-state index contributed by atoms with van der Waals surface area (Å²) in [5.74, 6) is 0.491. The highest BCUT2D eigenvalue weighted by Gasteiger charge is 2.14. The molecule has 1 saturated heterocycles. The lowest BCUT2D eigenvalue weighted by atomic mass is 10.1. The van der Waals surface area contributed by atoms with Gasteiger partial charge in [0.2, 0.25) is 0 Å². The molecule has 4 nitrogen and oxygen atoms in total. The maximum absolute atomic E-state index is 10.4. The zero-order chi connectivity index (χ0) is 9.68. The average Bonchev–Trinajstić information content (AvgIpc) is 2.53. The van der Waals surface area contributed by atoms with Crippen LogP contribution in [-0.4, -0.2) is 37.1 Å². The Kier molecular flexibility index (Phi) is 4.02. The van der Waals surface area contributed by atoms with Gasteiger partial charge >= 0.3 is 6.03 Å². The predicted molar refractivity (Wildman–Crippen MR) is 52.4 cm³/mol. The monoisotopic (exact) mass is 185 g/mol. The summed E-state index contributed by atoms with van der Waals surface area (Å²) in [5.41, 5.74) is 4.99. The van der Waals surface area contributed by atoms with Crippen LogP contribution < -0.4 is 11.1 Å². The maximum Gasteiger partial charge on any atom is 0.312 e. The van der Waals surface area contributed by atoms with Gasteiger partial charge in [-0.25, -0.2) is 4.79 Å². The molecule has 0 spiro atoms. The molecule has 1 atom stereocenters. The van der Waals surface area contributed by atoms with E-state index in [9.17, 15) is 4.79 Å². The number of carbonyl (C=O) groups is 1. The first kappa shape index (κ1) is 10.3. The first-order valence-electron chi connectivity index (χ1n) is 4.94. The third-order valence-corrected chi connectivity index (χ3v) is 2.39. The lowest BCUT2D eigenvalue weighted by molar-refractivity contribution is 0.242. The molecular weight excluding hydrogens is 166 g/mol. The molecule has 1 fully saturated rings. The Labute approximate surface area is 79.5 Å². The van der Waals surface area contributed by atoms with Gasteiger partial charge in [-0.15, -0.1) is 0 Å². The Bertz CT molecular complexity index is 166. The molecule has 1 unspecified atom stereocenters. The number of nitrogens with two attached hydrogens (primary N) is 1. The van der Waals surface area contributed by atoms with Gasteiger partial charge in [-0.2, -0.15) is 0 Å². The first-order chi connectivity index (χ1) is 6.18. The lowest BCUT2D eigenvalue weighted by Crippen LogP contribution is -2.36. The fraction of sp³-hybridized carbons (Fsp3) is 0.889. The Hall–Kier alpha value is -0.770. The highest BCUT2D eigenvalue weighted by molar-refractivity contribution is 5.71. The summed E-state index contributed by atoms with van der Waals surface area (Å²) in [6.07, 6.45) is 2.63. The smallest absolute Gasteiger partial charge is 0.312 e. The standard InChI is InChI=1S/C9H19N3O/c1-8(6-11-9(10)13)7-12-4-2-3-5-12/h8H,2-7H2,1H3,(H3,10,11,13). The minimum Gasteiger partial charge on any atom is -0.352 e. The van der Waals surface area contributed by atoms with Crippen LogP contribution >= 0.6 is 0 Å². The number of nitrogens with zero attached hydrogens (tertiary/aromatic N) is 1. The van der Waals surface area contributed by atoms with Crippen molar-refractivity contribution in [1.29, 1.82) is 0 Å². The molecule has 0 saturated carbocycles. The Balaban J connectivity index is 2.09. The van der Waals surface area contributed by atoms with E-state index in [0.717, 1.165) is 6.54 Å². The number of hydrogen-bond donors (Lipinski definition) is 2. The van der Waals surface area contributed by atoms with Crippen LogP contribution in [-0.2, 0) is 0 Å². The minimum atomic E-state index is -0.423. The predicted octanol–water partition coefficient (Wildman–Crippen LogP) is 0.387. The van der Waals surface area contributed by atoms with E-state index in [0.29, 0.717) is 12.5 Å². The van der Waals surface area contributed by atoms with E-state index >= 15 is 0 Å². The highest BCUT2D eigenvalue weighted by Crippen LogP contribution is 2.09. The Morgan fingerprint density at radius 3 is 2.69 bits per heavy atom. The van der Waals surface area contributed by atoms with Crippen LogP contribution in [0.15, 0.2) is 0 Å². The number of rotatable bonds is 4. The highest BCUT2D eigenvalue weighted by atomic mass is 16.2. The van der Waals surface area contributed by atoms with E-state index in [2.05, 4.69) is 17.1 Å². The van der Waals surface area contributed by atoms with Gasteiger partial charge in [0.15, 0.2) is 0 Å². The van der Waals surface area contributed by atoms with Gasteiger partial charge < -0.3 is 16.0 Å². The molecule has 0 aromatic carbocycles. The number of amides is 2. The molecule has 1 rings (SSSR count). The summed E-state index contributed by atoms with van der Waals surface area (Å²) in [5, 5.41) is 2.63. The molecule has 3 N–H and O–H groups in total. The summed E-state index contributed by atoms with van der Waals surface area (Å²) in [7, 11) is 0. The largest absolute Gasteiger partial charge is 0.352 e. The molecular formula is C9H19N3O. The molecule has 13 heavy (non-hydrogen) atoms. The molecule has 0 aliphatic carbocycles. The topological polar surface area (TPSA) is 58.4 Å². The second-order valence-corrected chi connectivity index (χ2v) is 3.86. The number of carbonyl (C=O) groups excluding carboxylic acids is 1. The van der Waals surface area contributed by atoms with E-state index in [-0.39, 0.29) is 0 Å². The second-order valence-electron chi connectivity index (χ2n) is 3.86. The third-order valence-electron chi connectivity index (χ3n) is 2.39. The van der Waals surface area contributed by atoms with Crippen LogP contribution in [0.25, 0.3) is 0 Å². The quantitative estimate of drug-likeness (QED) is 0.665. The number of primary amides is 1.